The highest BCUT2D eigenvalue weighted by Crippen LogP contribution is 2.47. The van der Waals surface area contributed by atoms with Gasteiger partial charge in [0, 0.05) is 19.9 Å². The van der Waals surface area contributed by atoms with E-state index in [-0.39, 0.29) is 5.60 Å². The van der Waals surface area contributed by atoms with E-state index in [9.17, 15) is 5.11 Å². The van der Waals surface area contributed by atoms with Crippen LogP contribution in [0.4, 0.5) is 0 Å². The molecule has 114 valence electrons. The molecule has 0 aliphatic carbocycles. The summed E-state index contributed by atoms with van der Waals surface area (Å²) in [5.41, 5.74) is 0.280. The van der Waals surface area contributed by atoms with Crippen molar-refractivity contribution in [3.63, 3.8) is 0 Å². The quantitative estimate of drug-likeness (QED) is 0.916. The zero-order valence-corrected chi connectivity index (χ0v) is 14.8. The third-order valence-corrected chi connectivity index (χ3v) is 5.25. The SMILES string of the molecule is CCc1nn(C)c(CC2(O)CC(C)(C)OC2(C)C)c1Br. The minimum Gasteiger partial charge on any atom is -0.386 e. The number of rotatable bonds is 3. The third-order valence-electron chi connectivity index (χ3n) is 4.33. The summed E-state index contributed by atoms with van der Waals surface area (Å²) < 4.78 is 8.92. The molecule has 1 aliphatic heterocycles. The van der Waals surface area contributed by atoms with Crippen molar-refractivity contribution in [2.24, 2.45) is 7.05 Å². The smallest absolute Gasteiger partial charge is 0.101 e. The predicted molar refractivity (Wildman–Crippen MR) is 82.8 cm³/mol. The first-order valence-electron chi connectivity index (χ1n) is 7.14. The molecule has 2 rings (SSSR count). The summed E-state index contributed by atoms with van der Waals surface area (Å²) in [6, 6.07) is 0. The maximum atomic E-state index is 11.2. The topological polar surface area (TPSA) is 47.3 Å². The number of aliphatic hydroxyl groups is 1. The van der Waals surface area contributed by atoms with E-state index in [0.29, 0.717) is 12.8 Å². The Morgan fingerprint density at radius 3 is 2.35 bits per heavy atom. The predicted octanol–water partition coefficient (Wildman–Crippen LogP) is 3.00. The maximum absolute atomic E-state index is 11.2. The molecule has 20 heavy (non-hydrogen) atoms. The van der Waals surface area contributed by atoms with Gasteiger partial charge in [0.05, 0.1) is 27.1 Å². The second-order valence-corrected chi connectivity index (χ2v) is 7.73. The average Bonchev–Trinajstić information content (AvgIpc) is 2.62. The summed E-state index contributed by atoms with van der Waals surface area (Å²) in [6.45, 7) is 10.1. The fraction of sp³-hybridized carbons (Fsp3) is 0.800. The Kier molecular flexibility index (Phi) is 3.85. The van der Waals surface area contributed by atoms with Crippen LogP contribution in [0.1, 0.15) is 52.4 Å². The molecular formula is C15H25BrN2O2. The summed E-state index contributed by atoms with van der Waals surface area (Å²) in [5.74, 6) is 0. The van der Waals surface area contributed by atoms with Gasteiger partial charge in [-0.25, -0.2) is 0 Å². The Bertz CT molecular complexity index is 522. The molecule has 1 saturated heterocycles. The van der Waals surface area contributed by atoms with Crippen LogP contribution < -0.4 is 0 Å². The summed E-state index contributed by atoms with van der Waals surface area (Å²) >= 11 is 3.62. The van der Waals surface area contributed by atoms with E-state index in [1.165, 1.54) is 0 Å². The number of ether oxygens (including phenoxy) is 1. The Balaban J connectivity index is 2.36. The molecule has 1 atom stereocenters. The zero-order valence-electron chi connectivity index (χ0n) is 13.2. The number of halogens is 1. The van der Waals surface area contributed by atoms with E-state index >= 15 is 0 Å². The summed E-state index contributed by atoms with van der Waals surface area (Å²) in [7, 11) is 1.93. The Hall–Kier alpha value is -0.390. The van der Waals surface area contributed by atoms with Crippen LogP contribution in [0.2, 0.25) is 0 Å². The van der Waals surface area contributed by atoms with Crippen LogP contribution in [0.25, 0.3) is 0 Å². The van der Waals surface area contributed by atoms with Crippen LogP contribution in [-0.4, -0.2) is 31.7 Å². The number of aryl methyl sites for hydroxylation is 2. The summed E-state index contributed by atoms with van der Waals surface area (Å²) in [6.07, 6.45) is 2.03. The molecule has 1 fully saturated rings. The molecule has 0 aromatic carbocycles. The van der Waals surface area contributed by atoms with Gasteiger partial charge in [-0.1, -0.05) is 6.92 Å². The Morgan fingerprint density at radius 2 is 1.95 bits per heavy atom. The second-order valence-electron chi connectivity index (χ2n) is 6.94. The standard InChI is InChI=1S/C15H25BrN2O2/c1-7-10-12(16)11(18(6)17-10)8-15(19)9-13(2,3)20-14(15,4)5/h19H,7-9H2,1-6H3. The van der Waals surface area contributed by atoms with Gasteiger partial charge >= 0.3 is 0 Å². The van der Waals surface area contributed by atoms with E-state index in [4.69, 9.17) is 4.74 Å². The summed E-state index contributed by atoms with van der Waals surface area (Å²) in [5, 5.41) is 15.7. The molecule has 1 aliphatic rings. The lowest BCUT2D eigenvalue weighted by molar-refractivity contribution is -0.126. The number of aromatic nitrogens is 2. The van der Waals surface area contributed by atoms with Gasteiger partial charge in [0.2, 0.25) is 0 Å². The van der Waals surface area contributed by atoms with Gasteiger partial charge in [-0.05, 0) is 50.0 Å². The fourth-order valence-corrected chi connectivity index (χ4v) is 4.06. The molecule has 1 unspecified atom stereocenters. The Morgan fingerprint density at radius 1 is 1.35 bits per heavy atom. The summed E-state index contributed by atoms with van der Waals surface area (Å²) in [4.78, 5) is 0. The maximum Gasteiger partial charge on any atom is 0.101 e. The first kappa shape index (κ1) is 16.0. The second kappa shape index (κ2) is 4.82. The molecule has 0 saturated carbocycles. The highest BCUT2D eigenvalue weighted by Gasteiger charge is 2.56. The number of nitrogens with zero attached hydrogens (tertiary/aromatic N) is 2. The number of hydrogen-bond acceptors (Lipinski definition) is 3. The molecule has 1 N–H and O–H groups in total. The van der Waals surface area contributed by atoms with Crippen molar-refractivity contribution in [3.8, 4) is 0 Å². The van der Waals surface area contributed by atoms with Crippen molar-refractivity contribution in [1.29, 1.82) is 0 Å². The molecule has 0 radical (unpaired) electrons. The molecule has 5 heteroatoms. The van der Waals surface area contributed by atoms with Crippen LogP contribution in [0.3, 0.4) is 0 Å². The minimum absolute atomic E-state index is 0.309. The molecule has 4 nitrogen and oxygen atoms in total. The molecular weight excluding hydrogens is 320 g/mol. The van der Waals surface area contributed by atoms with Crippen molar-refractivity contribution in [1.82, 2.24) is 9.78 Å². The van der Waals surface area contributed by atoms with E-state index in [2.05, 4.69) is 28.0 Å². The van der Waals surface area contributed by atoms with Crippen molar-refractivity contribution in [2.45, 2.75) is 70.7 Å². The minimum atomic E-state index is -0.891. The normalized spacial score (nSPS) is 28.0. The highest BCUT2D eigenvalue weighted by molar-refractivity contribution is 9.10. The average molecular weight is 345 g/mol. The molecule has 2 heterocycles. The monoisotopic (exact) mass is 344 g/mol. The van der Waals surface area contributed by atoms with Gasteiger partial charge in [0.15, 0.2) is 0 Å². The van der Waals surface area contributed by atoms with E-state index in [0.717, 1.165) is 22.3 Å². The van der Waals surface area contributed by atoms with Crippen LogP contribution in [0, 0.1) is 0 Å². The van der Waals surface area contributed by atoms with Crippen molar-refractivity contribution in [3.05, 3.63) is 15.9 Å². The zero-order chi connectivity index (χ0) is 15.3. The van der Waals surface area contributed by atoms with Gasteiger partial charge in [0.1, 0.15) is 5.60 Å². The van der Waals surface area contributed by atoms with Crippen LogP contribution in [0.5, 0.6) is 0 Å². The third kappa shape index (κ3) is 2.55. The van der Waals surface area contributed by atoms with Gasteiger partial charge in [-0.2, -0.15) is 5.10 Å². The molecule has 0 amide bonds. The lowest BCUT2D eigenvalue weighted by Crippen LogP contribution is -2.48. The molecule has 1 aromatic rings. The van der Waals surface area contributed by atoms with Crippen molar-refractivity contribution in [2.75, 3.05) is 0 Å². The van der Waals surface area contributed by atoms with Gasteiger partial charge in [0.25, 0.3) is 0 Å². The van der Waals surface area contributed by atoms with Gasteiger partial charge in [-0.15, -0.1) is 0 Å². The fourth-order valence-electron chi connectivity index (χ4n) is 3.30. The van der Waals surface area contributed by atoms with E-state index in [1.807, 2.05) is 39.4 Å². The van der Waals surface area contributed by atoms with Crippen molar-refractivity contribution < 1.29 is 9.84 Å². The van der Waals surface area contributed by atoms with Crippen LogP contribution in [0.15, 0.2) is 4.47 Å². The largest absolute Gasteiger partial charge is 0.386 e. The highest BCUT2D eigenvalue weighted by atomic mass is 79.9. The molecule has 0 spiro atoms. The lowest BCUT2D eigenvalue weighted by Gasteiger charge is -2.35. The molecule has 1 aromatic heterocycles. The van der Waals surface area contributed by atoms with E-state index in [1.54, 1.807) is 0 Å². The molecule has 0 bridgehead atoms. The first-order chi connectivity index (χ1) is 9.01. The van der Waals surface area contributed by atoms with Crippen LogP contribution >= 0.6 is 15.9 Å². The van der Waals surface area contributed by atoms with Gasteiger partial charge in [-0.3, -0.25) is 4.68 Å². The number of hydrogen-bond donors (Lipinski definition) is 1. The van der Waals surface area contributed by atoms with Crippen molar-refractivity contribution >= 4 is 15.9 Å². The lowest BCUT2D eigenvalue weighted by atomic mass is 9.79. The van der Waals surface area contributed by atoms with Crippen LogP contribution in [-0.2, 0) is 24.6 Å². The Labute approximate surface area is 129 Å². The van der Waals surface area contributed by atoms with Gasteiger partial charge < -0.3 is 9.84 Å². The van der Waals surface area contributed by atoms with E-state index < -0.39 is 11.2 Å². The first-order valence-corrected chi connectivity index (χ1v) is 7.93.